The molecular formula is C13H21BrN2O3S. The van der Waals surface area contributed by atoms with Crippen molar-refractivity contribution in [2.45, 2.75) is 37.1 Å². The molecule has 0 atom stereocenters. The minimum Gasteiger partial charge on any atom is -0.496 e. The predicted molar refractivity (Wildman–Crippen MR) is 83.4 cm³/mol. The fraction of sp³-hybridized carbons (Fsp3) is 0.538. The SMILES string of the molecule is CCC(N)(CC)CNS(=O)(=O)c1ccc(OC)c(Br)c1. The third-order valence-corrected chi connectivity index (χ3v) is 5.47. The number of sulfonamides is 1. The zero-order valence-corrected chi connectivity index (χ0v) is 14.3. The monoisotopic (exact) mass is 364 g/mol. The normalized spacial score (nSPS) is 12.4. The summed E-state index contributed by atoms with van der Waals surface area (Å²) >= 11 is 3.28. The molecule has 7 heteroatoms. The van der Waals surface area contributed by atoms with Gasteiger partial charge in [0, 0.05) is 12.1 Å². The summed E-state index contributed by atoms with van der Waals surface area (Å²) in [7, 11) is -2.05. The van der Waals surface area contributed by atoms with E-state index in [1.807, 2.05) is 13.8 Å². The largest absolute Gasteiger partial charge is 0.496 e. The smallest absolute Gasteiger partial charge is 0.240 e. The molecular weight excluding hydrogens is 344 g/mol. The summed E-state index contributed by atoms with van der Waals surface area (Å²) < 4.78 is 32.7. The molecule has 0 radical (unpaired) electrons. The molecule has 0 amide bonds. The van der Waals surface area contributed by atoms with Gasteiger partial charge in [-0.2, -0.15) is 0 Å². The number of nitrogens with one attached hydrogen (secondary N) is 1. The summed E-state index contributed by atoms with van der Waals surface area (Å²) in [6.45, 7) is 4.11. The van der Waals surface area contributed by atoms with Crippen LogP contribution < -0.4 is 15.2 Å². The highest BCUT2D eigenvalue weighted by Gasteiger charge is 2.24. The van der Waals surface area contributed by atoms with E-state index in [1.165, 1.54) is 19.2 Å². The van der Waals surface area contributed by atoms with Crippen molar-refractivity contribution in [3.05, 3.63) is 22.7 Å². The average Bonchev–Trinajstić information content (AvgIpc) is 2.44. The van der Waals surface area contributed by atoms with Gasteiger partial charge < -0.3 is 10.5 Å². The van der Waals surface area contributed by atoms with Crippen LogP contribution in [0.15, 0.2) is 27.6 Å². The summed E-state index contributed by atoms with van der Waals surface area (Å²) in [5, 5.41) is 0. The summed E-state index contributed by atoms with van der Waals surface area (Å²) in [6.07, 6.45) is 1.41. The van der Waals surface area contributed by atoms with Gasteiger partial charge in [0.2, 0.25) is 10.0 Å². The Bertz CT molecular complexity index is 557. The Kier molecular flexibility index (Phi) is 6.00. The Morgan fingerprint density at radius 1 is 1.35 bits per heavy atom. The first-order valence-electron chi connectivity index (χ1n) is 6.40. The molecule has 1 rings (SSSR count). The van der Waals surface area contributed by atoms with Crippen molar-refractivity contribution in [3.63, 3.8) is 0 Å². The van der Waals surface area contributed by atoms with Crippen LogP contribution in [0.2, 0.25) is 0 Å². The Morgan fingerprint density at radius 2 is 1.95 bits per heavy atom. The zero-order chi connectivity index (χ0) is 15.4. The van der Waals surface area contributed by atoms with Crippen LogP contribution in [0.4, 0.5) is 0 Å². The lowest BCUT2D eigenvalue weighted by molar-refractivity contribution is 0.391. The van der Waals surface area contributed by atoms with Crippen LogP contribution in [0.3, 0.4) is 0 Å². The van der Waals surface area contributed by atoms with Gasteiger partial charge in [-0.3, -0.25) is 0 Å². The second-order valence-corrected chi connectivity index (χ2v) is 7.31. The highest BCUT2D eigenvalue weighted by Crippen LogP contribution is 2.27. The van der Waals surface area contributed by atoms with E-state index >= 15 is 0 Å². The number of methoxy groups -OCH3 is 1. The van der Waals surface area contributed by atoms with Crippen molar-refractivity contribution < 1.29 is 13.2 Å². The molecule has 20 heavy (non-hydrogen) atoms. The summed E-state index contributed by atoms with van der Waals surface area (Å²) in [5.41, 5.74) is 5.58. The Balaban J connectivity index is 2.92. The molecule has 0 unspecified atom stereocenters. The van der Waals surface area contributed by atoms with Gasteiger partial charge in [-0.1, -0.05) is 13.8 Å². The second kappa shape index (κ2) is 6.89. The number of ether oxygens (including phenoxy) is 1. The lowest BCUT2D eigenvalue weighted by Gasteiger charge is -2.26. The van der Waals surface area contributed by atoms with Gasteiger partial charge in [-0.05, 0) is 47.0 Å². The molecule has 0 aliphatic carbocycles. The van der Waals surface area contributed by atoms with E-state index in [0.717, 1.165) is 0 Å². The first kappa shape index (κ1) is 17.4. The van der Waals surface area contributed by atoms with E-state index in [4.69, 9.17) is 10.5 Å². The number of nitrogens with two attached hydrogens (primary N) is 1. The summed E-state index contributed by atoms with van der Waals surface area (Å²) in [4.78, 5) is 0.180. The second-order valence-electron chi connectivity index (χ2n) is 4.69. The zero-order valence-electron chi connectivity index (χ0n) is 11.9. The molecule has 1 aromatic carbocycles. The quantitative estimate of drug-likeness (QED) is 0.777. The standard InChI is InChI=1S/C13H21BrN2O3S/c1-4-13(15,5-2)9-16-20(17,18)10-6-7-12(19-3)11(14)8-10/h6-8,16H,4-5,9,15H2,1-3H3. The topological polar surface area (TPSA) is 81.4 Å². The van der Waals surface area contributed by atoms with Crippen molar-refractivity contribution in [2.75, 3.05) is 13.7 Å². The Labute approximate surface area is 129 Å². The molecule has 0 fully saturated rings. The van der Waals surface area contributed by atoms with Crippen LogP contribution in [0.1, 0.15) is 26.7 Å². The van der Waals surface area contributed by atoms with E-state index in [2.05, 4.69) is 20.7 Å². The maximum Gasteiger partial charge on any atom is 0.240 e. The van der Waals surface area contributed by atoms with Crippen LogP contribution in [0.5, 0.6) is 5.75 Å². The highest BCUT2D eigenvalue weighted by atomic mass is 79.9. The number of hydrogen-bond acceptors (Lipinski definition) is 4. The van der Waals surface area contributed by atoms with E-state index in [-0.39, 0.29) is 11.4 Å². The molecule has 0 heterocycles. The van der Waals surface area contributed by atoms with Crippen LogP contribution in [-0.2, 0) is 10.0 Å². The molecule has 0 saturated heterocycles. The molecule has 5 nitrogen and oxygen atoms in total. The van der Waals surface area contributed by atoms with Crippen molar-refractivity contribution in [1.82, 2.24) is 4.72 Å². The third-order valence-electron chi connectivity index (χ3n) is 3.46. The first-order valence-corrected chi connectivity index (χ1v) is 8.67. The molecule has 0 bridgehead atoms. The number of hydrogen-bond donors (Lipinski definition) is 2. The van der Waals surface area contributed by atoms with Gasteiger partial charge in [0.05, 0.1) is 16.5 Å². The molecule has 0 aliphatic rings. The lowest BCUT2D eigenvalue weighted by Crippen LogP contribution is -2.49. The molecule has 0 aromatic heterocycles. The van der Waals surface area contributed by atoms with Gasteiger partial charge in [0.15, 0.2) is 0 Å². The number of rotatable bonds is 7. The maximum atomic E-state index is 12.2. The lowest BCUT2D eigenvalue weighted by atomic mass is 9.95. The van der Waals surface area contributed by atoms with Crippen LogP contribution in [0.25, 0.3) is 0 Å². The minimum absolute atomic E-state index is 0.180. The fourth-order valence-electron chi connectivity index (χ4n) is 1.64. The maximum absolute atomic E-state index is 12.2. The fourth-order valence-corrected chi connectivity index (χ4v) is 3.49. The molecule has 0 saturated carbocycles. The molecule has 3 N–H and O–H groups in total. The summed E-state index contributed by atoms with van der Waals surface area (Å²) in [6, 6.07) is 4.62. The number of halogens is 1. The van der Waals surface area contributed by atoms with E-state index in [9.17, 15) is 8.42 Å². The van der Waals surface area contributed by atoms with Crippen molar-refractivity contribution in [2.24, 2.45) is 5.73 Å². The van der Waals surface area contributed by atoms with Crippen LogP contribution in [-0.4, -0.2) is 27.6 Å². The minimum atomic E-state index is -3.58. The van der Waals surface area contributed by atoms with Crippen molar-refractivity contribution >= 4 is 26.0 Å². The van der Waals surface area contributed by atoms with E-state index in [1.54, 1.807) is 6.07 Å². The summed E-state index contributed by atoms with van der Waals surface area (Å²) in [5.74, 6) is 0.583. The van der Waals surface area contributed by atoms with Crippen molar-refractivity contribution in [1.29, 1.82) is 0 Å². The molecule has 114 valence electrons. The molecule has 0 aliphatic heterocycles. The Morgan fingerprint density at radius 3 is 2.40 bits per heavy atom. The third kappa shape index (κ3) is 4.18. The van der Waals surface area contributed by atoms with Gasteiger partial charge in [-0.15, -0.1) is 0 Å². The van der Waals surface area contributed by atoms with E-state index in [0.29, 0.717) is 23.1 Å². The van der Waals surface area contributed by atoms with Gasteiger partial charge in [0.1, 0.15) is 5.75 Å². The average molecular weight is 365 g/mol. The van der Waals surface area contributed by atoms with Gasteiger partial charge in [0.25, 0.3) is 0 Å². The van der Waals surface area contributed by atoms with Gasteiger partial charge in [-0.25, -0.2) is 13.1 Å². The molecule has 1 aromatic rings. The van der Waals surface area contributed by atoms with Gasteiger partial charge >= 0.3 is 0 Å². The number of benzene rings is 1. The van der Waals surface area contributed by atoms with Crippen LogP contribution in [0, 0.1) is 0 Å². The highest BCUT2D eigenvalue weighted by molar-refractivity contribution is 9.10. The van der Waals surface area contributed by atoms with E-state index < -0.39 is 15.6 Å². The van der Waals surface area contributed by atoms with Crippen molar-refractivity contribution in [3.8, 4) is 5.75 Å². The van der Waals surface area contributed by atoms with Crippen LogP contribution >= 0.6 is 15.9 Å². The molecule has 0 spiro atoms. The predicted octanol–water partition coefficient (Wildman–Crippen LogP) is 2.25. The first-order chi connectivity index (χ1) is 9.28. The Hall–Kier alpha value is -0.630.